The van der Waals surface area contributed by atoms with Crippen LogP contribution >= 0.6 is 0 Å². The molecule has 10 heteroatoms. The van der Waals surface area contributed by atoms with Gasteiger partial charge >= 0.3 is 12.1 Å². The van der Waals surface area contributed by atoms with E-state index in [2.05, 4.69) is 15.5 Å². The van der Waals surface area contributed by atoms with E-state index >= 15 is 0 Å². The van der Waals surface area contributed by atoms with Crippen LogP contribution in [-0.2, 0) is 20.7 Å². The molecule has 3 N–H and O–H groups in total. The molecule has 4 rings (SSSR count). The third kappa shape index (κ3) is 5.72. The van der Waals surface area contributed by atoms with Crippen molar-refractivity contribution >= 4 is 18.0 Å². The summed E-state index contributed by atoms with van der Waals surface area (Å²) in [6.07, 6.45) is -0.841. The predicted molar refractivity (Wildman–Crippen MR) is 126 cm³/mol. The maximum absolute atomic E-state index is 12.5. The fraction of sp³-hybridized carbons (Fsp3) is 0.240. The Morgan fingerprint density at radius 2 is 1.66 bits per heavy atom. The van der Waals surface area contributed by atoms with Crippen molar-refractivity contribution in [3.05, 3.63) is 87.8 Å². The number of nitrogens with zero attached hydrogens (tertiary/aromatic N) is 2. The van der Waals surface area contributed by atoms with Crippen LogP contribution in [0.1, 0.15) is 22.7 Å². The second kappa shape index (κ2) is 10.6. The Balaban J connectivity index is 1.30. The van der Waals surface area contributed by atoms with Crippen molar-refractivity contribution in [3.63, 3.8) is 0 Å². The normalized spacial score (nSPS) is 11.9. The first-order chi connectivity index (χ1) is 16.9. The van der Waals surface area contributed by atoms with Crippen LogP contribution in [0.2, 0.25) is 0 Å². The van der Waals surface area contributed by atoms with E-state index in [0.29, 0.717) is 5.69 Å². The molecule has 1 aliphatic carbocycles. The number of aliphatic carboxylic acids is 1. The van der Waals surface area contributed by atoms with Gasteiger partial charge < -0.3 is 20.1 Å². The number of carbonyl (C=O) groups excluding carboxylic acids is 2. The van der Waals surface area contributed by atoms with E-state index in [-0.39, 0.29) is 32.0 Å². The van der Waals surface area contributed by atoms with Gasteiger partial charge in [0.25, 0.3) is 5.56 Å². The SMILES string of the molecule is O=C(O)CN(CCNC(=O)OCC1c2ccccc2-c2ccccc21)C(=O)Cc1ccc(=O)[nH]n1. The number of rotatable bonds is 9. The number of aromatic amines is 1. The first-order valence-electron chi connectivity index (χ1n) is 11.1. The summed E-state index contributed by atoms with van der Waals surface area (Å²) in [5.74, 6) is -1.77. The number of fused-ring (bicyclic) bond motifs is 3. The quantitative estimate of drug-likeness (QED) is 0.427. The van der Waals surface area contributed by atoms with Crippen LogP contribution in [-0.4, -0.2) is 64.4 Å². The van der Waals surface area contributed by atoms with Crippen molar-refractivity contribution in [3.8, 4) is 11.1 Å². The monoisotopic (exact) mass is 476 g/mol. The van der Waals surface area contributed by atoms with Gasteiger partial charge in [0.05, 0.1) is 12.1 Å². The van der Waals surface area contributed by atoms with E-state index in [1.54, 1.807) is 0 Å². The van der Waals surface area contributed by atoms with Crippen molar-refractivity contribution in [2.45, 2.75) is 12.3 Å². The topological polar surface area (TPSA) is 142 Å². The molecule has 1 heterocycles. The van der Waals surface area contributed by atoms with Gasteiger partial charge in [-0.15, -0.1) is 0 Å². The Labute approximate surface area is 200 Å². The largest absolute Gasteiger partial charge is 0.480 e. The average Bonchev–Trinajstić information content (AvgIpc) is 3.17. The van der Waals surface area contributed by atoms with Crippen LogP contribution in [0, 0.1) is 0 Å². The smallest absolute Gasteiger partial charge is 0.407 e. The molecule has 1 aromatic heterocycles. The van der Waals surface area contributed by atoms with Crippen LogP contribution in [0.25, 0.3) is 11.1 Å². The fourth-order valence-electron chi connectivity index (χ4n) is 4.14. The third-order valence-corrected chi connectivity index (χ3v) is 5.74. The summed E-state index contributed by atoms with van der Waals surface area (Å²) < 4.78 is 5.46. The van der Waals surface area contributed by atoms with E-state index in [1.165, 1.54) is 12.1 Å². The summed E-state index contributed by atoms with van der Waals surface area (Å²) in [6, 6.07) is 18.6. The standard InChI is InChI=1S/C25H24N4O6/c30-22-10-9-16(27-28-22)13-23(31)29(14-24(32)33)12-11-26-25(34)35-15-21-19-7-3-1-5-17(19)18-6-2-4-8-20(18)21/h1-10,21H,11-15H2,(H,26,34)(H,28,30)(H,32,33). The summed E-state index contributed by atoms with van der Waals surface area (Å²) in [5.41, 5.74) is 4.32. The van der Waals surface area contributed by atoms with Crippen molar-refractivity contribution in [1.82, 2.24) is 20.4 Å². The van der Waals surface area contributed by atoms with Gasteiger partial charge in [-0.25, -0.2) is 9.89 Å². The highest BCUT2D eigenvalue weighted by Crippen LogP contribution is 2.44. The lowest BCUT2D eigenvalue weighted by molar-refractivity contribution is -0.144. The van der Waals surface area contributed by atoms with Crippen LogP contribution < -0.4 is 10.9 Å². The minimum atomic E-state index is -1.19. The number of hydrogen-bond donors (Lipinski definition) is 3. The molecular formula is C25H24N4O6. The number of carboxylic acids is 1. The first-order valence-corrected chi connectivity index (χ1v) is 11.1. The Bertz CT molecular complexity index is 1240. The number of hydrogen-bond acceptors (Lipinski definition) is 6. The number of carboxylic acid groups (broad SMARTS) is 1. The molecule has 0 aliphatic heterocycles. The summed E-state index contributed by atoms with van der Waals surface area (Å²) >= 11 is 0. The Morgan fingerprint density at radius 1 is 1.00 bits per heavy atom. The first kappa shape index (κ1) is 23.7. The maximum Gasteiger partial charge on any atom is 0.407 e. The van der Waals surface area contributed by atoms with E-state index in [1.807, 2.05) is 48.5 Å². The highest BCUT2D eigenvalue weighted by Gasteiger charge is 2.29. The molecular weight excluding hydrogens is 452 g/mol. The number of carbonyl (C=O) groups is 3. The zero-order chi connectivity index (χ0) is 24.8. The second-order valence-corrected chi connectivity index (χ2v) is 8.05. The minimum absolute atomic E-state index is 0.00868. The molecule has 1 aliphatic rings. The molecule has 0 saturated heterocycles. The summed E-state index contributed by atoms with van der Waals surface area (Å²) in [4.78, 5) is 48.2. The van der Waals surface area contributed by atoms with Gasteiger partial charge in [0.1, 0.15) is 13.2 Å². The van der Waals surface area contributed by atoms with E-state index < -0.39 is 30.1 Å². The summed E-state index contributed by atoms with van der Waals surface area (Å²) in [5, 5.41) is 17.7. The van der Waals surface area contributed by atoms with E-state index in [0.717, 1.165) is 27.2 Å². The zero-order valence-electron chi connectivity index (χ0n) is 18.8. The third-order valence-electron chi connectivity index (χ3n) is 5.74. The Morgan fingerprint density at radius 3 is 2.26 bits per heavy atom. The van der Waals surface area contributed by atoms with Gasteiger partial charge in [-0.05, 0) is 28.3 Å². The fourth-order valence-corrected chi connectivity index (χ4v) is 4.14. The van der Waals surface area contributed by atoms with Crippen LogP contribution in [0.3, 0.4) is 0 Å². The number of aromatic nitrogens is 2. The lowest BCUT2D eigenvalue weighted by Gasteiger charge is -2.21. The predicted octanol–water partition coefficient (Wildman–Crippen LogP) is 1.76. The number of amides is 2. The maximum atomic E-state index is 12.5. The van der Waals surface area contributed by atoms with E-state index in [9.17, 15) is 19.2 Å². The van der Waals surface area contributed by atoms with Gasteiger partial charge in [-0.3, -0.25) is 14.4 Å². The van der Waals surface area contributed by atoms with Gasteiger partial charge in [0, 0.05) is 25.1 Å². The highest BCUT2D eigenvalue weighted by molar-refractivity contribution is 5.83. The molecule has 10 nitrogen and oxygen atoms in total. The number of H-pyrrole nitrogens is 1. The molecule has 0 saturated carbocycles. The second-order valence-electron chi connectivity index (χ2n) is 8.05. The van der Waals surface area contributed by atoms with Crippen molar-refractivity contribution < 1.29 is 24.2 Å². The molecule has 3 aromatic rings. The van der Waals surface area contributed by atoms with E-state index in [4.69, 9.17) is 9.84 Å². The lowest BCUT2D eigenvalue weighted by atomic mass is 9.98. The van der Waals surface area contributed by atoms with Gasteiger partial charge in [0.15, 0.2) is 0 Å². The molecule has 0 unspecified atom stereocenters. The van der Waals surface area contributed by atoms with Crippen LogP contribution in [0.15, 0.2) is 65.5 Å². The molecule has 0 atom stereocenters. The van der Waals surface area contributed by atoms with Gasteiger partial charge in [-0.1, -0.05) is 48.5 Å². The molecule has 0 fully saturated rings. The molecule has 0 radical (unpaired) electrons. The lowest BCUT2D eigenvalue weighted by Crippen LogP contribution is -2.42. The summed E-state index contributed by atoms with van der Waals surface area (Å²) in [7, 11) is 0. The van der Waals surface area contributed by atoms with Gasteiger partial charge in [-0.2, -0.15) is 5.10 Å². The number of alkyl carbamates (subject to hydrolysis) is 1. The number of ether oxygens (including phenoxy) is 1. The molecule has 0 spiro atoms. The minimum Gasteiger partial charge on any atom is -0.480 e. The highest BCUT2D eigenvalue weighted by atomic mass is 16.5. The van der Waals surface area contributed by atoms with Crippen LogP contribution in [0.4, 0.5) is 4.79 Å². The molecule has 180 valence electrons. The number of benzene rings is 2. The van der Waals surface area contributed by atoms with Crippen molar-refractivity contribution in [1.29, 1.82) is 0 Å². The molecule has 35 heavy (non-hydrogen) atoms. The van der Waals surface area contributed by atoms with Gasteiger partial charge in [0.2, 0.25) is 5.91 Å². The molecule has 0 bridgehead atoms. The number of nitrogens with one attached hydrogen (secondary N) is 2. The Hall–Kier alpha value is -4.47. The van der Waals surface area contributed by atoms with Crippen LogP contribution in [0.5, 0.6) is 0 Å². The van der Waals surface area contributed by atoms with Crippen molar-refractivity contribution in [2.24, 2.45) is 0 Å². The molecule has 2 aromatic carbocycles. The van der Waals surface area contributed by atoms with Crippen molar-refractivity contribution in [2.75, 3.05) is 26.2 Å². The Kier molecular flexibility index (Phi) is 7.20. The summed E-state index contributed by atoms with van der Waals surface area (Å²) in [6.45, 7) is -0.405. The molecule has 2 amide bonds. The average molecular weight is 476 g/mol. The zero-order valence-corrected chi connectivity index (χ0v) is 18.8.